The summed E-state index contributed by atoms with van der Waals surface area (Å²) in [6.07, 6.45) is 0. The molecule has 0 heterocycles. The van der Waals surface area contributed by atoms with Crippen molar-refractivity contribution < 1.29 is 13.5 Å². The predicted octanol–water partition coefficient (Wildman–Crippen LogP) is 3.43. The lowest BCUT2D eigenvalue weighted by atomic mass is 10.1. The van der Waals surface area contributed by atoms with Gasteiger partial charge < -0.3 is 10.5 Å². The van der Waals surface area contributed by atoms with Crippen LogP contribution in [-0.2, 0) is 6.61 Å². The van der Waals surface area contributed by atoms with Crippen LogP contribution < -0.4 is 10.5 Å². The van der Waals surface area contributed by atoms with Crippen LogP contribution in [-0.4, -0.2) is 0 Å². The summed E-state index contributed by atoms with van der Waals surface area (Å²) in [5.74, 6) is -1.22. The van der Waals surface area contributed by atoms with Crippen molar-refractivity contribution in [3.63, 3.8) is 0 Å². The van der Waals surface area contributed by atoms with Gasteiger partial charge in [0, 0.05) is 11.8 Å². The van der Waals surface area contributed by atoms with E-state index in [0.717, 1.165) is 29.3 Å². The van der Waals surface area contributed by atoms with E-state index in [1.807, 2.05) is 13.0 Å². The van der Waals surface area contributed by atoms with Gasteiger partial charge in [0.05, 0.1) is 0 Å². The molecule has 0 radical (unpaired) electrons. The smallest absolute Gasteiger partial charge is 0.165 e. The van der Waals surface area contributed by atoms with Gasteiger partial charge in [0.25, 0.3) is 0 Å². The van der Waals surface area contributed by atoms with Gasteiger partial charge in [-0.15, -0.1) is 0 Å². The van der Waals surface area contributed by atoms with Crippen LogP contribution in [0.5, 0.6) is 5.75 Å². The first kappa shape index (κ1) is 12.4. The van der Waals surface area contributed by atoms with Crippen molar-refractivity contribution in [1.82, 2.24) is 0 Å². The van der Waals surface area contributed by atoms with E-state index in [0.29, 0.717) is 5.69 Å². The zero-order valence-electron chi connectivity index (χ0n) is 9.91. The molecular formula is C14H13F2NO. The van der Waals surface area contributed by atoms with Crippen LogP contribution in [0.1, 0.15) is 11.1 Å². The Balaban J connectivity index is 2.16. The van der Waals surface area contributed by atoms with Crippen LogP contribution in [0.15, 0.2) is 36.4 Å². The number of ether oxygens (including phenoxy) is 1. The number of benzene rings is 2. The zero-order valence-corrected chi connectivity index (χ0v) is 9.91. The highest BCUT2D eigenvalue weighted by atomic mass is 19.1. The van der Waals surface area contributed by atoms with Gasteiger partial charge in [-0.05, 0) is 36.2 Å². The second kappa shape index (κ2) is 5.04. The van der Waals surface area contributed by atoms with Crippen LogP contribution in [0.25, 0.3) is 0 Å². The third kappa shape index (κ3) is 2.59. The van der Waals surface area contributed by atoms with E-state index in [1.54, 1.807) is 12.1 Å². The minimum atomic E-state index is -0.585. The number of hydrogen-bond donors (Lipinski definition) is 1. The van der Waals surface area contributed by atoms with Crippen molar-refractivity contribution in [1.29, 1.82) is 0 Å². The Kier molecular flexibility index (Phi) is 3.46. The number of hydrogen-bond acceptors (Lipinski definition) is 2. The van der Waals surface area contributed by atoms with Gasteiger partial charge in [-0.1, -0.05) is 12.1 Å². The second-order valence-electron chi connectivity index (χ2n) is 3.99. The molecule has 0 fully saturated rings. The van der Waals surface area contributed by atoms with Crippen molar-refractivity contribution >= 4 is 5.69 Å². The fourth-order valence-electron chi connectivity index (χ4n) is 1.60. The molecule has 4 heteroatoms. The molecule has 0 bridgehead atoms. The molecule has 2 N–H and O–H groups in total. The molecular weight excluding hydrogens is 236 g/mol. The summed E-state index contributed by atoms with van der Waals surface area (Å²) in [6, 6.07) is 8.52. The van der Waals surface area contributed by atoms with Gasteiger partial charge in [0.2, 0.25) is 0 Å². The zero-order chi connectivity index (χ0) is 13.1. The second-order valence-corrected chi connectivity index (χ2v) is 3.99. The molecule has 2 aromatic carbocycles. The Morgan fingerprint density at radius 3 is 2.72 bits per heavy atom. The van der Waals surface area contributed by atoms with Gasteiger partial charge >= 0.3 is 0 Å². The van der Waals surface area contributed by atoms with Gasteiger partial charge in [0.1, 0.15) is 12.4 Å². The lowest BCUT2D eigenvalue weighted by Crippen LogP contribution is -2.02. The molecule has 2 rings (SSSR count). The molecule has 0 aliphatic heterocycles. The van der Waals surface area contributed by atoms with Crippen LogP contribution in [0, 0.1) is 18.6 Å². The summed E-state index contributed by atoms with van der Waals surface area (Å²) in [6.45, 7) is 2.01. The number of nitrogen functional groups attached to an aromatic ring is 1. The predicted molar refractivity (Wildman–Crippen MR) is 66.3 cm³/mol. The van der Waals surface area contributed by atoms with E-state index < -0.39 is 11.6 Å². The molecule has 0 unspecified atom stereocenters. The molecule has 0 saturated heterocycles. The number of nitrogens with two attached hydrogens (primary N) is 1. The first-order valence-electron chi connectivity index (χ1n) is 5.50. The van der Waals surface area contributed by atoms with Gasteiger partial charge in [-0.25, -0.2) is 8.78 Å². The molecule has 0 saturated carbocycles. The van der Waals surface area contributed by atoms with Crippen molar-refractivity contribution in [2.45, 2.75) is 13.5 Å². The van der Waals surface area contributed by atoms with E-state index in [1.165, 1.54) is 0 Å². The Morgan fingerprint density at radius 1 is 1.17 bits per heavy atom. The highest BCUT2D eigenvalue weighted by Gasteiger charge is 2.07. The lowest BCUT2D eigenvalue weighted by Gasteiger charge is -2.10. The maximum atomic E-state index is 13.3. The van der Waals surface area contributed by atoms with E-state index >= 15 is 0 Å². The quantitative estimate of drug-likeness (QED) is 0.846. The highest BCUT2D eigenvalue weighted by Crippen LogP contribution is 2.21. The molecule has 2 nitrogen and oxygen atoms in total. The first-order chi connectivity index (χ1) is 8.58. The largest absolute Gasteiger partial charge is 0.486 e. The SMILES string of the molecule is Cc1c(N)cccc1COc1cc(F)ccc1F. The summed E-state index contributed by atoms with van der Waals surface area (Å²) >= 11 is 0. The Morgan fingerprint density at radius 2 is 1.94 bits per heavy atom. The third-order valence-corrected chi connectivity index (χ3v) is 2.76. The van der Waals surface area contributed by atoms with Crippen LogP contribution >= 0.6 is 0 Å². The third-order valence-electron chi connectivity index (χ3n) is 2.76. The molecule has 0 spiro atoms. The van der Waals surface area contributed by atoms with Crippen LogP contribution in [0.2, 0.25) is 0 Å². The summed E-state index contributed by atoms with van der Waals surface area (Å²) in [7, 11) is 0. The van der Waals surface area contributed by atoms with E-state index in [4.69, 9.17) is 10.5 Å². The normalized spacial score (nSPS) is 10.4. The van der Waals surface area contributed by atoms with Crippen LogP contribution in [0.4, 0.5) is 14.5 Å². The van der Waals surface area contributed by atoms with Crippen molar-refractivity contribution in [3.8, 4) is 5.75 Å². The van der Waals surface area contributed by atoms with Crippen molar-refractivity contribution in [2.75, 3.05) is 5.73 Å². The maximum absolute atomic E-state index is 13.3. The van der Waals surface area contributed by atoms with Gasteiger partial charge in [-0.3, -0.25) is 0 Å². The molecule has 0 aliphatic carbocycles. The number of rotatable bonds is 3. The fraction of sp³-hybridized carbons (Fsp3) is 0.143. The molecule has 18 heavy (non-hydrogen) atoms. The average molecular weight is 249 g/mol. The van der Waals surface area contributed by atoms with E-state index in [-0.39, 0.29) is 12.4 Å². The van der Waals surface area contributed by atoms with Crippen molar-refractivity contribution in [3.05, 3.63) is 59.2 Å². The number of anilines is 1. The molecule has 0 amide bonds. The van der Waals surface area contributed by atoms with Crippen molar-refractivity contribution in [2.24, 2.45) is 0 Å². The molecule has 2 aromatic rings. The molecule has 0 aliphatic rings. The summed E-state index contributed by atoms with van der Waals surface area (Å²) < 4.78 is 31.6. The van der Waals surface area contributed by atoms with Gasteiger partial charge in [0.15, 0.2) is 11.6 Å². The summed E-state index contributed by atoms with van der Waals surface area (Å²) in [5, 5.41) is 0. The molecule has 94 valence electrons. The van der Waals surface area contributed by atoms with Crippen LogP contribution in [0.3, 0.4) is 0 Å². The Bertz CT molecular complexity index is 568. The number of halogens is 2. The summed E-state index contributed by atoms with van der Waals surface area (Å²) in [5.41, 5.74) is 8.13. The van der Waals surface area contributed by atoms with E-state index in [9.17, 15) is 8.78 Å². The first-order valence-corrected chi connectivity index (χ1v) is 5.50. The molecule has 0 aromatic heterocycles. The Hall–Kier alpha value is -2.10. The minimum Gasteiger partial charge on any atom is -0.486 e. The Labute approximate surface area is 104 Å². The molecule has 0 atom stereocenters. The highest BCUT2D eigenvalue weighted by molar-refractivity contribution is 5.49. The summed E-state index contributed by atoms with van der Waals surface area (Å²) in [4.78, 5) is 0. The monoisotopic (exact) mass is 249 g/mol. The lowest BCUT2D eigenvalue weighted by molar-refractivity contribution is 0.288. The average Bonchev–Trinajstić information content (AvgIpc) is 2.35. The van der Waals surface area contributed by atoms with E-state index in [2.05, 4.69) is 0 Å². The fourth-order valence-corrected chi connectivity index (χ4v) is 1.60. The topological polar surface area (TPSA) is 35.2 Å². The van der Waals surface area contributed by atoms with Gasteiger partial charge in [-0.2, -0.15) is 0 Å². The standard InChI is InChI=1S/C14H13F2NO/c1-9-10(3-2-4-13(9)17)8-18-14-7-11(15)5-6-12(14)16/h2-7H,8,17H2,1H3. The maximum Gasteiger partial charge on any atom is 0.165 e. The minimum absolute atomic E-state index is 0.100.